The molecule has 0 aliphatic heterocycles. The lowest BCUT2D eigenvalue weighted by Crippen LogP contribution is -2.30. The number of hydrogen-bond donors (Lipinski definition) is 3. The fraction of sp³-hybridized carbons (Fsp3) is 0.600. The van der Waals surface area contributed by atoms with Crippen LogP contribution in [-0.2, 0) is 0 Å². The molecule has 3 heteroatoms. The van der Waals surface area contributed by atoms with Gasteiger partial charge in [-0.1, -0.05) is 26.3 Å². The van der Waals surface area contributed by atoms with Gasteiger partial charge in [-0.05, 0) is 32.3 Å². The van der Waals surface area contributed by atoms with Gasteiger partial charge in [-0.3, -0.25) is 0 Å². The van der Waals surface area contributed by atoms with Crippen molar-refractivity contribution in [3.05, 3.63) is 23.8 Å². The smallest absolute Gasteiger partial charge is 0.124 e. The van der Waals surface area contributed by atoms with E-state index in [0.29, 0.717) is 12.0 Å². The highest BCUT2D eigenvalue weighted by atomic mass is 16.3. The van der Waals surface area contributed by atoms with Crippen LogP contribution < -0.4 is 5.32 Å². The Labute approximate surface area is 110 Å². The molecule has 0 aromatic heterocycles. The van der Waals surface area contributed by atoms with Crippen molar-refractivity contribution in [3.63, 3.8) is 0 Å². The van der Waals surface area contributed by atoms with E-state index in [1.165, 1.54) is 12.5 Å². The van der Waals surface area contributed by atoms with Crippen LogP contribution in [0.5, 0.6) is 11.5 Å². The zero-order chi connectivity index (χ0) is 13.7. The highest BCUT2D eigenvalue weighted by molar-refractivity contribution is 5.40. The summed E-state index contributed by atoms with van der Waals surface area (Å²) in [6.07, 6.45) is 2.31. The molecule has 0 heterocycles. The van der Waals surface area contributed by atoms with Gasteiger partial charge in [-0.25, -0.2) is 0 Å². The van der Waals surface area contributed by atoms with Gasteiger partial charge in [0.05, 0.1) is 0 Å². The summed E-state index contributed by atoms with van der Waals surface area (Å²) in [5.41, 5.74) is 0.823. The largest absolute Gasteiger partial charge is 0.508 e. The van der Waals surface area contributed by atoms with Gasteiger partial charge in [0.1, 0.15) is 11.5 Å². The molecule has 1 rings (SSSR count). The standard InChI is InChI=1S/C15H25NO2/c1-5-10(2)8-11(3)16-12(4)14-7-6-13(17)9-15(14)18/h6-7,9-12,16-18H,5,8H2,1-4H3. The number of nitrogens with one attached hydrogen (secondary N) is 1. The van der Waals surface area contributed by atoms with Crippen molar-refractivity contribution in [2.75, 3.05) is 0 Å². The van der Waals surface area contributed by atoms with Crippen LogP contribution >= 0.6 is 0 Å². The van der Waals surface area contributed by atoms with E-state index in [2.05, 4.69) is 26.1 Å². The molecule has 3 atom stereocenters. The molecule has 0 radical (unpaired) electrons. The van der Waals surface area contributed by atoms with Crippen LogP contribution in [0, 0.1) is 5.92 Å². The maximum absolute atomic E-state index is 9.80. The minimum Gasteiger partial charge on any atom is -0.508 e. The first-order valence-electron chi connectivity index (χ1n) is 6.72. The van der Waals surface area contributed by atoms with E-state index in [4.69, 9.17) is 0 Å². The summed E-state index contributed by atoms with van der Waals surface area (Å²) in [4.78, 5) is 0. The van der Waals surface area contributed by atoms with Crippen molar-refractivity contribution < 1.29 is 10.2 Å². The highest BCUT2D eigenvalue weighted by Crippen LogP contribution is 2.28. The van der Waals surface area contributed by atoms with Gasteiger partial charge in [0.15, 0.2) is 0 Å². The Bertz CT molecular complexity index is 379. The lowest BCUT2D eigenvalue weighted by atomic mass is 9.99. The third-order valence-corrected chi connectivity index (χ3v) is 3.47. The second-order valence-corrected chi connectivity index (χ2v) is 5.28. The third kappa shape index (κ3) is 4.22. The van der Waals surface area contributed by atoms with Crippen molar-refractivity contribution in [2.45, 2.75) is 52.6 Å². The Morgan fingerprint density at radius 2 is 1.83 bits per heavy atom. The van der Waals surface area contributed by atoms with E-state index in [9.17, 15) is 10.2 Å². The van der Waals surface area contributed by atoms with Crippen molar-refractivity contribution in [1.82, 2.24) is 5.32 Å². The van der Waals surface area contributed by atoms with Gasteiger partial charge < -0.3 is 15.5 Å². The van der Waals surface area contributed by atoms with Gasteiger partial charge in [0.25, 0.3) is 0 Å². The first-order valence-corrected chi connectivity index (χ1v) is 6.72. The van der Waals surface area contributed by atoms with Crippen LogP contribution in [0.15, 0.2) is 18.2 Å². The Morgan fingerprint density at radius 3 is 2.39 bits per heavy atom. The minimum absolute atomic E-state index is 0.0738. The second-order valence-electron chi connectivity index (χ2n) is 5.28. The highest BCUT2D eigenvalue weighted by Gasteiger charge is 2.14. The van der Waals surface area contributed by atoms with Gasteiger partial charge in [0, 0.05) is 23.7 Å². The number of aromatic hydroxyl groups is 2. The lowest BCUT2D eigenvalue weighted by molar-refractivity contribution is 0.377. The predicted octanol–water partition coefficient (Wildman–Crippen LogP) is 3.57. The predicted molar refractivity (Wildman–Crippen MR) is 74.9 cm³/mol. The first-order chi connectivity index (χ1) is 8.43. The molecule has 0 saturated carbocycles. The second kappa shape index (κ2) is 6.64. The van der Waals surface area contributed by atoms with Gasteiger partial charge in [-0.2, -0.15) is 0 Å². The van der Waals surface area contributed by atoms with Crippen LogP contribution in [0.1, 0.15) is 52.1 Å². The van der Waals surface area contributed by atoms with Gasteiger partial charge in [-0.15, -0.1) is 0 Å². The molecule has 0 amide bonds. The summed E-state index contributed by atoms with van der Waals surface area (Å²) in [7, 11) is 0. The average Bonchev–Trinajstić information content (AvgIpc) is 2.28. The topological polar surface area (TPSA) is 52.5 Å². The van der Waals surface area contributed by atoms with Crippen molar-refractivity contribution >= 4 is 0 Å². The molecule has 1 aromatic carbocycles. The van der Waals surface area contributed by atoms with Gasteiger partial charge in [0.2, 0.25) is 0 Å². The van der Waals surface area contributed by atoms with Crippen molar-refractivity contribution in [1.29, 1.82) is 0 Å². The fourth-order valence-corrected chi connectivity index (χ4v) is 2.25. The Balaban J connectivity index is 2.61. The minimum atomic E-state index is 0.0738. The molecule has 18 heavy (non-hydrogen) atoms. The summed E-state index contributed by atoms with van der Waals surface area (Å²) in [5.74, 6) is 0.940. The summed E-state index contributed by atoms with van der Waals surface area (Å²) in [6, 6.07) is 5.23. The lowest BCUT2D eigenvalue weighted by Gasteiger charge is -2.23. The number of hydrogen-bond acceptors (Lipinski definition) is 3. The Morgan fingerprint density at radius 1 is 1.17 bits per heavy atom. The number of phenolic OH excluding ortho intramolecular Hbond substituents is 2. The van der Waals surface area contributed by atoms with Crippen molar-refractivity contribution in [2.24, 2.45) is 5.92 Å². The molecule has 1 aromatic rings. The van der Waals surface area contributed by atoms with Gasteiger partial charge >= 0.3 is 0 Å². The molecule has 102 valence electrons. The average molecular weight is 251 g/mol. The SMILES string of the molecule is CCC(C)CC(C)NC(C)c1ccc(O)cc1O. The summed E-state index contributed by atoms with van der Waals surface area (Å²) < 4.78 is 0. The first kappa shape index (κ1) is 14.8. The van der Waals surface area contributed by atoms with E-state index in [0.717, 1.165) is 12.0 Å². The molecule has 3 N–H and O–H groups in total. The molecule has 3 unspecified atom stereocenters. The molecule has 0 bridgehead atoms. The van der Waals surface area contributed by atoms with Crippen molar-refractivity contribution in [3.8, 4) is 11.5 Å². The van der Waals surface area contributed by atoms with Crippen LogP contribution in [0.4, 0.5) is 0 Å². The third-order valence-electron chi connectivity index (χ3n) is 3.47. The molecule has 0 fully saturated rings. The maximum Gasteiger partial charge on any atom is 0.124 e. The molecular weight excluding hydrogens is 226 g/mol. The summed E-state index contributed by atoms with van der Waals surface area (Å²) >= 11 is 0. The zero-order valence-electron chi connectivity index (χ0n) is 11.8. The normalized spacial score (nSPS) is 16.2. The van der Waals surface area contributed by atoms with E-state index in [-0.39, 0.29) is 17.5 Å². The summed E-state index contributed by atoms with van der Waals surface area (Å²) in [5, 5.41) is 22.6. The van der Waals surface area contributed by atoms with Crippen LogP contribution in [0.3, 0.4) is 0 Å². The monoisotopic (exact) mass is 251 g/mol. The molecule has 0 aliphatic carbocycles. The van der Waals surface area contributed by atoms with E-state index < -0.39 is 0 Å². The number of benzene rings is 1. The maximum atomic E-state index is 9.80. The van der Waals surface area contributed by atoms with E-state index in [1.807, 2.05) is 6.92 Å². The molecule has 0 saturated heterocycles. The summed E-state index contributed by atoms with van der Waals surface area (Å²) in [6.45, 7) is 8.65. The zero-order valence-corrected chi connectivity index (χ0v) is 11.8. The molecule has 0 aliphatic rings. The fourth-order valence-electron chi connectivity index (χ4n) is 2.25. The van der Waals surface area contributed by atoms with E-state index in [1.54, 1.807) is 12.1 Å². The van der Waals surface area contributed by atoms with Crippen LogP contribution in [0.25, 0.3) is 0 Å². The Kier molecular flexibility index (Phi) is 5.48. The van der Waals surface area contributed by atoms with E-state index >= 15 is 0 Å². The van der Waals surface area contributed by atoms with Crippen LogP contribution in [0.2, 0.25) is 0 Å². The molecule has 0 spiro atoms. The molecular formula is C15H25NO2. The number of rotatable bonds is 6. The Hall–Kier alpha value is -1.22. The number of phenols is 2. The molecule has 3 nitrogen and oxygen atoms in total. The quantitative estimate of drug-likeness (QED) is 0.724. The van der Waals surface area contributed by atoms with Crippen LogP contribution in [-0.4, -0.2) is 16.3 Å².